The highest BCUT2D eigenvalue weighted by molar-refractivity contribution is 5.84. The van der Waals surface area contributed by atoms with E-state index in [9.17, 15) is 4.79 Å². The average Bonchev–Trinajstić information content (AvgIpc) is 2.49. The SMILES string of the molecule is CC1C(=O)COC1c1ccccc1. The molecular formula is C11H12O2. The van der Waals surface area contributed by atoms with Crippen LogP contribution in [0.1, 0.15) is 18.6 Å². The Balaban J connectivity index is 2.24. The van der Waals surface area contributed by atoms with Crippen LogP contribution in [0.4, 0.5) is 0 Å². The summed E-state index contributed by atoms with van der Waals surface area (Å²) in [5.41, 5.74) is 1.10. The standard InChI is InChI=1S/C11H12O2/c1-8-10(12)7-13-11(8)9-5-3-2-4-6-9/h2-6,8,11H,7H2,1H3. The molecule has 13 heavy (non-hydrogen) atoms. The molecule has 0 bridgehead atoms. The summed E-state index contributed by atoms with van der Waals surface area (Å²) in [5.74, 6) is 0.205. The van der Waals surface area contributed by atoms with Gasteiger partial charge in [0, 0.05) is 5.92 Å². The number of ether oxygens (including phenoxy) is 1. The summed E-state index contributed by atoms with van der Waals surface area (Å²) in [6.45, 7) is 2.19. The molecule has 2 unspecified atom stereocenters. The molecule has 0 radical (unpaired) electrons. The molecule has 0 spiro atoms. The molecule has 1 saturated heterocycles. The smallest absolute Gasteiger partial charge is 0.164 e. The van der Waals surface area contributed by atoms with Crippen LogP contribution in [-0.2, 0) is 9.53 Å². The predicted octanol–water partition coefficient (Wildman–Crippen LogP) is 1.96. The van der Waals surface area contributed by atoms with Crippen LogP contribution in [0, 0.1) is 5.92 Å². The second kappa shape index (κ2) is 3.30. The van der Waals surface area contributed by atoms with Gasteiger partial charge in [-0.3, -0.25) is 4.79 Å². The second-order valence-corrected chi connectivity index (χ2v) is 3.40. The van der Waals surface area contributed by atoms with Gasteiger partial charge in [0.15, 0.2) is 5.78 Å². The molecular weight excluding hydrogens is 164 g/mol. The van der Waals surface area contributed by atoms with E-state index in [1.54, 1.807) is 0 Å². The topological polar surface area (TPSA) is 26.3 Å². The van der Waals surface area contributed by atoms with E-state index in [1.165, 1.54) is 0 Å². The van der Waals surface area contributed by atoms with Gasteiger partial charge in [0.2, 0.25) is 0 Å². The highest BCUT2D eigenvalue weighted by Crippen LogP contribution is 2.31. The van der Waals surface area contributed by atoms with Crippen LogP contribution in [0.25, 0.3) is 0 Å². The number of benzene rings is 1. The van der Waals surface area contributed by atoms with Crippen LogP contribution in [0.2, 0.25) is 0 Å². The molecule has 0 aromatic heterocycles. The molecule has 2 rings (SSSR count). The normalized spacial score (nSPS) is 27.9. The number of Topliss-reactive ketones (excluding diaryl/α,β-unsaturated/α-hetero) is 1. The summed E-state index contributed by atoms with van der Waals surface area (Å²) < 4.78 is 5.41. The number of carbonyl (C=O) groups is 1. The Morgan fingerprint density at radius 1 is 1.31 bits per heavy atom. The maximum absolute atomic E-state index is 11.2. The van der Waals surface area contributed by atoms with Crippen LogP contribution in [0.15, 0.2) is 30.3 Å². The molecule has 0 saturated carbocycles. The van der Waals surface area contributed by atoms with E-state index < -0.39 is 0 Å². The Labute approximate surface area is 77.5 Å². The first kappa shape index (κ1) is 8.45. The third-order valence-corrected chi connectivity index (χ3v) is 2.50. The Bertz CT molecular complexity index is 305. The molecule has 2 heteroatoms. The molecule has 68 valence electrons. The van der Waals surface area contributed by atoms with Crippen molar-refractivity contribution >= 4 is 5.78 Å². The lowest BCUT2D eigenvalue weighted by atomic mass is 9.97. The first-order valence-electron chi connectivity index (χ1n) is 4.48. The Morgan fingerprint density at radius 2 is 2.00 bits per heavy atom. The summed E-state index contributed by atoms with van der Waals surface area (Å²) in [6, 6.07) is 9.90. The summed E-state index contributed by atoms with van der Waals surface area (Å²) in [6.07, 6.45) is -0.0336. The van der Waals surface area contributed by atoms with Crippen molar-refractivity contribution < 1.29 is 9.53 Å². The third-order valence-electron chi connectivity index (χ3n) is 2.50. The minimum atomic E-state index is -0.0336. The Kier molecular flexibility index (Phi) is 2.15. The van der Waals surface area contributed by atoms with E-state index in [4.69, 9.17) is 4.74 Å². The molecule has 1 aliphatic rings. The van der Waals surface area contributed by atoms with Crippen molar-refractivity contribution in [2.75, 3.05) is 6.61 Å². The van der Waals surface area contributed by atoms with E-state index in [2.05, 4.69) is 0 Å². The maximum atomic E-state index is 11.2. The van der Waals surface area contributed by atoms with Crippen molar-refractivity contribution in [2.24, 2.45) is 5.92 Å². The summed E-state index contributed by atoms with van der Waals surface area (Å²) in [7, 11) is 0. The number of hydrogen-bond acceptors (Lipinski definition) is 2. The fourth-order valence-electron chi connectivity index (χ4n) is 1.64. The van der Waals surface area contributed by atoms with E-state index in [0.29, 0.717) is 0 Å². The highest BCUT2D eigenvalue weighted by atomic mass is 16.5. The van der Waals surface area contributed by atoms with Gasteiger partial charge in [-0.15, -0.1) is 0 Å². The average molecular weight is 176 g/mol. The van der Waals surface area contributed by atoms with Crippen LogP contribution in [0.3, 0.4) is 0 Å². The molecule has 1 aromatic carbocycles. The van der Waals surface area contributed by atoms with Gasteiger partial charge >= 0.3 is 0 Å². The van der Waals surface area contributed by atoms with Gasteiger partial charge in [-0.25, -0.2) is 0 Å². The molecule has 1 aromatic rings. The van der Waals surface area contributed by atoms with Gasteiger partial charge < -0.3 is 4.74 Å². The number of ketones is 1. The van der Waals surface area contributed by atoms with Crippen molar-refractivity contribution in [1.82, 2.24) is 0 Å². The Morgan fingerprint density at radius 3 is 2.54 bits per heavy atom. The second-order valence-electron chi connectivity index (χ2n) is 3.40. The minimum Gasteiger partial charge on any atom is -0.365 e. The van der Waals surface area contributed by atoms with Crippen LogP contribution >= 0.6 is 0 Å². The third kappa shape index (κ3) is 1.49. The van der Waals surface area contributed by atoms with Gasteiger partial charge in [-0.05, 0) is 5.56 Å². The van der Waals surface area contributed by atoms with E-state index in [0.717, 1.165) is 5.56 Å². The monoisotopic (exact) mass is 176 g/mol. The summed E-state index contributed by atoms with van der Waals surface area (Å²) in [4.78, 5) is 11.2. The molecule has 1 heterocycles. The van der Waals surface area contributed by atoms with Crippen molar-refractivity contribution in [3.8, 4) is 0 Å². The predicted molar refractivity (Wildman–Crippen MR) is 49.3 cm³/mol. The van der Waals surface area contributed by atoms with Crippen LogP contribution in [0.5, 0.6) is 0 Å². The zero-order valence-corrected chi connectivity index (χ0v) is 7.57. The van der Waals surface area contributed by atoms with Crippen LogP contribution < -0.4 is 0 Å². The van der Waals surface area contributed by atoms with Gasteiger partial charge in [0.1, 0.15) is 6.61 Å². The lowest BCUT2D eigenvalue weighted by Gasteiger charge is -2.12. The molecule has 2 atom stereocenters. The molecule has 0 aliphatic carbocycles. The largest absolute Gasteiger partial charge is 0.365 e. The number of rotatable bonds is 1. The zero-order valence-electron chi connectivity index (χ0n) is 7.57. The summed E-state index contributed by atoms with van der Waals surface area (Å²) in [5, 5.41) is 0. The fraction of sp³-hybridized carbons (Fsp3) is 0.364. The van der Waals surface area contributed by atoms with E-state index in [1.807, 2.05) is 37.3 Å². The van der Waals surface area contributed by atoms with Gasteiger partial charge in [-0.1, -0.05) is 37.3 Å². The minimum absolute atomic E-state index is 0.00222. The van der Waals surface area contributed by atoms with Crippen LogP contribution in [-0.4, -0.2) is 12.4 Å². The lowest BCUT2D eigenvalue weighted by molar-refractivity contribution is -0.120. The zero-order chi connectivity index (χ0) is 9.26. The van der Waals surface area contributed by atoms with Gasteiger partial charge in [0.05, 0.1) is 6.10 Å². The van der Waals surface area contributed by atoms with Crippen molar-refractivity contribution in [3.05, 3.63) is 35.9 Å². The Hall–Kier alpha value is -1.15. The van der Waals surface area contributed by atoms with Crippen molar-refractivity contribution in [3.63, 3.8) is 0 Å². The molecule has 1 aliphatic heterocycles. The summed E-state index contributed by atoms with van der Waals surface area (Å²) >= 11 is 0. The van der Waals surface area contributed by atoms with Crippen molar-refractivity contribution in [2.45, 2.75) is 13.0 Å². The van der Waals surface area contributed by atoms with E-state index >= 15 is 0 Å². The number of carbonyl (C=O) groups excluding carboxylic acids is 1. The van der Waals surface area contributed by atoms with E-state index in [-0.39, 0.29) is 24.4 Å². The maximum Gasteiger partial charge on any atom is 0.164 e. The van der Waals surface area contributed by atoms with Gasteiger partial charge in [-0.2, -0.15) is 0 Å². The molecule has 0 amide bonds. The van der Waals surface area contributed by atoms with Crippen molar-refractivity contribution in [1.29, 1.82) is 0 Å². The quantitative estimate of drug-likeness (QED) is 0.653. The lowest BCUT2D eigenvalue weighted by Crippen LogP contribution is -2.09. The van der Waals surface area contributed by atoms with Gasteiger partial charge in [0.25, 0.3) is 0 Å². The first-order valence-corrected chi connectivity index (χ1v) is 4.48. The molecule has 1 fully saturated rings. The first-order chi connectivity index (χ1) is 6.29. The highest BCUT2D eigenvalue weighted by Gasteiger charge is 2.32. The molecule has 0 N–H and O–H groups in total. The molecule has 2 nitrogen and oxygen atoms in total. The number of hydrogen-bond donors (Lipinski definition) is 0. The fourth-order valence-corrected chi connectivity index (χ4v) is 1.64.